The molecule has 4 fully saturated rings. The molecule has 0 radical (unpaired) electrons. The van der Waals surface area contributed by atoms with Crippen molar-refractivity contribution >= 4 is 64.6 Å². The molecule has 14 nitrogen and oxygen atoms in total. The van der Waals surface area contributed by atoms with Crippen molar-refractivity contribution in [1.82, 2.24) is 36.4 Å². The number of halogens is 5. The quantitative estimate of drug-likeness (QED) is 0.211. The summed E-state index contributed by atoms with van der Waals surface area (Å²) in [5.74, 6) is -5.33. The van der Waals surface area contributed by atoms with Crippen molar-refractivity contribution in [3.63, 3.8) is 0 Å². The summed E-state index contributed by atoms with van der Waals surface area (Å²) >= 11 is 12.8. The second kappa shape index (κ2) is 19.7. The van der Waals surface area contributed by atoms with E-state index in [1.165, 1.54) is 23.8 Å². The summed E-state index contributed by atoms with van der Waals surface area (Å²) < 4.78 is 40.9. The number of benzene rings is 1. The van der Waals surface area contributed by atoms with Gasteiger partial charge in [0.2, 0.25) is 41.4 Å². The molecule has 2 aliphatic heterocycles. The first-order valence-corrected chi connectivity index (χ1v) is 21.6. The molecule has 0 unspecified atom stereocenters. The van der Waals surface area contributed by atoms with Gasteiger partial charge in [0.15, 0.2) is 0 Å². The minimum Gasteiger partial charge on any atom is -0.354 e. The van der Waals surface area contributed by atoms with Crippen LogP contribution in [0, 0.1) is 17.3 Å². The summed E-state index contributed by atoms with van der Waals surface area (Å²) in [7, 11) is 1.41. The van der Waals surface area contributed by atoms with Crippen molar-refractivity contribution in [3.8, 4) is 0 Å². The lowest BCUT2D eigenvalue weighted by Gasteiger charge is -2.34. The molecular formula is C41H56Cl2F3N7O7. The first kappa shape index (κ1) is 46.9. The number of nitrogens with zero attached hydrogens (tertiary/aromatic N) is 2. The minimum atomic E-state index is -4.77. The number of carbonyl (C=O) groups excluding carboxylic acids is 7. The minimum absolute atomic E-state index is 0.0365. The summed E-state index contributed by atoms with van der Waals surface area (Å²) in [4.78, 5) is 99.4. The Labute approximate surface area is 358 Å². The molecule has 332 valence electrons. The second-order valence-electron chi connectivity index (χ2n) is 17.0. The van der Waals surface area contributed by atoms with Crippen LogP contribution in [0.5, 0.6) is 0 Å². The van der Waals surface area contributed by atoms with E-state index in [9.17, 15) is 46.7 Å². The van der Waals surface area contributed by atoms with Crippen LogP contribution in [-0.4, -0.2) is 114 Å². The van der Waals surface area contributed by atoms with Crippen LogP contribution in [0.1, 0.15) is 97.0 Å². The van der Waals surface area contributed by atoms with Crippen LogP contribution in [0.2, 0.25) is 10.0 Å². The molecule has 6 atom stereocenters. The standard InChI is InChI=1S/C41H56Cl2F3N7O7/c1-5-27(50-39(60)40(15-16-40)41(44,45)46)33(54)51-32(23-11-12-23)38(59)52(4)30-9-6-7-17-47-35(56)31-10-8-18-53(31)37(58)29(21-24-20-25(42)13-14-26(24)43)49-34(55)28(19-22(2)3)48-36(30)57/h13-14,20,22-23,27-32H,5-12,15-19,21H2,1-4H3,(H,47,56)(H,48,57)(H,49,55)(H,50,60)(H,51,54)/t27-,28-,29-,30-,31+,32-/m0/s1. The Kier molecular flexibility index (Phi) is 15.4. The largest absolute Gasteiger partial charge is 0.403 e. The highest BCUT2D eigenvalue weighted by atomic mass is 35.5. The molecule has 5 N–H and O–H groups in total. The number of fused-ring (bicyclic) bond motifs is 1. The fourth-order valence-corrected chi connectivity index (χ4v) is 8.40. The molecule has 19 heteroatoms. The van der Waals surface area contributed by atoms with E-state index in [0.29, 0.717) is 60.7 Å². The molecule has 60 heavy (non-hydrogen) atoms. The SMILES string of the molecule is CC[C@H](NC(=O)C1(C(F)(F)F)CC1)C(=O)N[C@H](C(=O)N(C)[C@H]1CCCCNC(=O)[C@H]2CCCN2C(=O)[C@H](Cc2cc(Cl)ccc2Cl)NC(=O)[C@H](CC(C)C)NC1=O)C1CC1. The van der Waals surface area contributed by atoms with E-state index < -0.39 is 83.3 Å². The molecule has 0 bridgehead atoms. The van der Waals surface area contributed by atoms with E-state index >= 15 is 0 Å². The number of nitrogens with one attached hydrogen (secondary N) is 5. The van der Waals surface area contributed by atoms with Gasteiger partial charge in [0.25, 0.3) is 0 Å². The zero-order valence-corrected chi connectivity index (χ0v) is 35.9. The van der Waals surface area contributed by atoms with Crippen molar-refractivity contribution in [2.45, 2.75) is 140 Å². The predicted molar refractivity (Wildman–Crippen MR) is 216 cm³/mol. The van der Waals surface area contributed by atoms with Crippen LogP contribution in [-0.2, 0) is 40.0 Å². The number of likely N-dealkylation sites (N-methyl/N-ethyl adjacent to an activating group) is 1. The Balaban J connectivity index is 1.38. The fraction of sp³-hybridized carbons (Fsp3) is 0.683. The Hall–Kier alpha value is -4.12. The highest BCUT2D eigenvalue weighted by molar-refractivity contribution is 6.33. The van der Waals surface area contributed by atoms with Crippen molar-refractivity contribution < 1.29 is 46.7 Å². The molecule has 0 aromatic heterocycles. The number of hydrogen-bond acceptors (Lipinski definition) is 7. The van der Waals surface area contributed by atoms with Gasteiger partial charge >= 0.3 is 6.18 Å². The average Bonchev–Trinajstić information content (AvgIpc) is 4.13. The monoisotopic (exact) mass is 885 g/mol. The molecule has 5 rings (SSSR count). The lowest BCUT2D eigenvalue weighted by atomic mass is 9.99. The van der Waals surface area contributed by atoms with E-state index in [-0.39, 0.29) is 62.8 Å². The van der Waals surface area contributed by atoms with Gasteiger partial charge in [0.05, 0.1) is 0 Å². The van der Waals surface area contributed by atoms with Gasteiger partial charge in [0, 0.05) is 36.6 Å². The highest BCUT2D eigenvalue weighted by Crippen LogP contribution is 2.57. The number of carbonyl (C=O) groups is 7. The van der Waals surface area contributed by atoms with Gasteiger partial charge in [-0.1, -0.05) is 44.0 Å². The van der Waals surface area contributed by atoms with Gasteiger partial charge in [-0.05, 0) is 106 Å². The Bertz CT molecular complexity index is 1810. The van der Waals surface area contributed by atoms with Crippen molar-refractivity contribution in [3.05, 3.63) is 33.8 Å². The van der Waals surface area contributed by atoms with E-state index in [0.717, 1.165) is 0 Å². The van der Waals surface area contributed by atoms with Gasteiger partial charge in [-0.3, -0.25) is 33.6 Å². The van der Waals surface area contributed by atoms with Crippen LogP contribution >= 0.6 is 23.2 Å². The van der Waals surface area contributed by atoms with Gasteiger partial charge in [-0.25, -0.2) is 0 Å². The molecule has 2 saturated heterocycles. The zero-order valence-electron chi connectivity index (χ0n) is 34.4. The van der Waals surface area contributed by atoms with Gasteiger partial charge in [0.1, 0.15) is 41.7 Å². The van der Waals surface area contributed by atoms with Crippen LogP contribution in [0.25, 0.3) is 0 Å². The summed E-state index contributed by atoms with van der Waals surface area (Å²) in [6, 6.07) is -1.99. The van der Waals surface area contributed by atoms with Crippen LogP contribution in [0.3, 0.4) is 0 Å². The summed E-state index contributed by atoms with van der Waals surface area (Å²) in [5.41, 5.74) is -2.05. The predicted octanol–water partition coefficient (Wildman–Crippen LogP) is 3.80. The smallest absolute Gasteiger partial charge is 0.354 e. The first-order valence-electron chi connectivity index (χ1n) is 20.9. The molecule has 2 heterocycles. The van der Waals surface area contributed by atoms with Crippen LogP contribution in [0.15, 0.2) is 18.2 Å². The molecule has 1 aromatic rings. The lowest BCUT2D eigenvalue weighted by Crippen LogP contribution is -2.60. The number of alkyl halides is 3. The van der Waals surface area contributed by atoms with Crippen molar-refractivity contribution in [2.75, 3.05) is 20.1 Å². The van der Waals surface area contributed by atoms with E-state index in [4.69, 9.17) is 23.2 Å². The van der Waals surface area contributed by atoms with Crippen LogP contribution in [0.4, 0.5) is 13.2 Å². The highest BCUT2D eigenvalue weighted by Gasteiger charge is 2.68. The fourth-order valence-electron chi connectivity index (χ4n) is 8.01. The Morgan fingerprint density at radius 3 is 2.23 bits per heavy atom. The maximum absolute atomic E-state index is 14.3. The molecule has 4 aliphatic rings. The molecule has 2 aliphatic carbocycles. The third-order valence-electron chi connectivity index (χ3n) is 12.0. The van der Waals surface area contributed by atoms with Gasteiger partial charge < -0.3 is 36.4 Å². The summed E-state index contributed by atoms with van der Waals surface area (Å²) in [6.07, 6.45) is -2.44. The molecular weight excluding hydrogens is 830 g/mol. The average molecular weight is 887 g/mol. The topological polar surface area (TPSA) is 186 Å². The first-order chi connectivity index (χ1) is 28.3. The lowest BCUT2D eigenvalue weighted by molar-refractivity contribution is -0.192. The maximum atomic E-state index is 14.3. The molecule has 7 amide bonds. The third kappa shape index (κ3) is 11.2. The van der Waals surface area contributed by atoms with Crippen molar-refractivity contribution in [1.29, 1.82) is 0 Å². The Morgan fingerprint density at radius 1 is 0.933 bits per heavy atom. The molecule has 2 saturated carbocycles. The molecule has 0 spiro atoms. The van der Waals surface area contributed by atoms with E-state index in [2.05, 4.69) is 26.6 Å². The van der Waals surface area contributed by atoms with E-state index in [1.807, 2.05) is 13.8 Å². The van der Waals surface area contributed by atoms with Crippen LogP contribution < -0.4 is 26.6 Å². The summed E-state index contributed by atoms with van der Waals surface area (Å²) in [5, 5.41) is 14.1. The number of amides is 7. The number of rotatable bonds is 12. The Morgan fingerprint density at radius 2 is 1.62 bits per heavy atom. The molecule has 1 aromatic carbocycles. The van der Waals surface area contributed by atoms with Gasteiger partial charge in [-0.2, -0.15) is 13.2 Å². The second-order valence-corrected chi connectivity index (χ2v) is 17.8. The number of hydrogen-bond donors (Lipinski definition) is 5. The maximum Gasteiger partial charge on any atom is 0.403 e. The third-order valence-corrected chi connectivity index (χ3v) is 12.6. The summed E-state index contributed by atoms with van der Waals surface area (Å²) in [6.45, 7) is 5.76. The van der Waals surface area contributed by atoms with E-state index in [1.54, 1.807) is 18.2 Å². The zero-order chi connectivity index (χ0) is 44.1. The van der Waals surface area contributed by atoms with Gasteiger partial charge in [-0.15, -0.1) is 0 Å². The normalized spacial score (nSPS) is 25.0. The van der Waals surface area contributed by atoms with Crippen molar-refractivity contribution in [2.24, 2.45) is 17.3 Å².